The summed E-state index contributed by atoms with van der Waals surface area (Å²) < 4.78 is 17.5. The highest BCUT2D eigenvalue weighted by Crippen LogP contribution is 2.46. The van der Waals surface area contributed by atoms with E-state index >= 15 is 0 Å². The van der Waals surface area contributed by atoms with E-state index in [-0.39, 0.29) is 17.7 Å². The predicted octanol–water partition coefficient (Wildman–Crippen LogP) is 6.45. The molecule has 7 heteroatoms. The van der Waals surface area contributed by atoms with Gasteiger partial charge in [0.1, 0.15) is 5.75 Å². The van der Waals surface area contributed by atoms with Crippen LogP contribution >= 0.6 is 15.9 Å². The monoisotopic (exact) mass is 534 g/mol. The van der Waals surface area contributed by atoms with E-state index < -0.39 is 0 Å². The molecule has 3 aromatic carbocycles. The molecular formula is C28H27BrN2O4. The van der Waals surface area contributed by atoms with Crippen LogP contribution in [0.2, 0.25) is 0 Å². The molecule has 2 aliphatic rings. The van der Waals surface area contributed by atoms with Gasteiger partial charge < -0.3 is 24.8 Å². The molecule has 35 heavy (non-hydrogen) atoms. The summed E-state index contributed by atoms with van der Waals surface area (Å²) >= 11 is 3.59. The van der Waals surface area contributed by atoms with Gasteiger partial charge in [-0.05, 0) is 60.4 Å². The van der Waals surface area contributed by atoms with E-state index in [9.17, 15) is 4.79 Å². The fourth-order valence-corrected chi connectivity index (χ4v) is 5.38. The lowest BCUT2D eigenvalue weighted by Gasteiger charge is -2.30. The Kier molecular flexibility index (Phi) is 6.43. The minimum atomic E-state index is -0.354. The Bertz CT molecular complexity index is 1320. The van der Waals surface area contributed by atoms with Gasteiger partial charge in [0.25, 0.3) is 0 Å². The van der Waals surface area contributed by atoms with Crippen molar-refractivity contribution in [3.63, 3.8) is 0 Å². The number of nitrogens with one attached hydrogen (secondary N) is 2. The maximum Gasteiger partial charge on any atom is 0.163 e. The lowest BCUT2D eigenvalue weighted by molar-refractivity contribution is -0.116. The summed E-state index contributed by atoms with van der Waals surface area (Å²) in [6.07, 6.45) is 1.10. The van der Waals surface area contributed by atoms with Crippen LogP contribution in [0.5, 0.6) is 17.2 Å². The molecule has 180 valence electrons. The second kappa shape index (κ2) is 9.66. The van der Waals surface area contributed by atoms with Crippen LogP contribution in [-0.4, -0.2) is 27.1 Å². The zero-order chi connectivity index (χ0) is 24.5. The van der Waals surface area contributed by atoms with E-state index in [0.29, 0.717) is 24.3 Å². The van der Waals surface area contributed by atoms with Gasteiger partial charge >= 0.3 is 0 Å². The Morgan fingerprint density at radius 1 is 0.829 bits per heavy atom. The third-order valence-corrected chi connectivity index (χ3v) is 7.18. The molecule has 0 spiro atoms. The summed E-state index contributed by atoms with van der Waals surface area (Å²) in [5.41, 5.74) is 5.50. The number of ketones is 1. The Morgan fingerprint density at radius 3 is 2.29 bits per heavy atom. The number of rotatable bonds is 5. The molecular weight excluding hydrogens is 508 g/mol. The fraction of sp³-hybridized carbons (Fsp3) is 0.250. The van der Waals surface area contributed by atoms with E-state index in [1.807, 2.05) is 60.7 Å². The fourth-order valence-electron chi connectivity index (χ4n) is 5.00. The Hall–Kier alpha value is -3.45. The van der Waals surface area contributed by atoms with E-state index in [0.717, 1.165) is 44.0 Å². The SMILES string of the molecule is COc1ccc([C@H]2CC(=O)C3=C(C2)Nc2ccccc2N[C@@H]3c2cc(Br)ccc2OC)cc1OC. The number of hydrogen-bond donors (Lipinski definition) is 2. The van der Waals surface area contributed by atoms with Crippen molar-refractivity contribution >= 4 is 33.1 Å². The van der Waals surface area contributed by atoms with Crippen molar-refractivity contribution in [2.75, 3.05) is 32.0 Å². The van der Waals surface area contributed by atoms with Crippen LogP contribution in [0.25, 0.3) is 0 Å². The summed E-state index contributed by atoms with van der Waals surface area (Å²) in [5.74, 6) is 2.18. The van der Waals surface area contributed by atoms with Gasteiger partial charge in [-0.15, -0.1) is 0 Å². The second-order valence-corrected chi connectivity index (χ2v) is 9.58. The molecule has 1 aliphatic heterocycles. The maximum atomic E-state index is 13.8. The molecule has 0 bridgehead atoms. The number of hydrogen-bond acceptors (Lipinski definition) is 6. The van der Waals surface area contributed by atoms with Crippen LogP contribution < -0.4 is 24.8 Å². The van der Waals surface area contributed by atoms with Crippen LogP contribution in [0, 0.1) is 0 Å². The molecule has 0 fully saturated rings. The molecule has 0 radical (unpaired) electrons. The highest BCUT2D eigenvalue weighted by Gasteiger charge is 2.37. The molecule has 5 rings (SSSR count). The maximum absolute atomic E-state index is 13.8. The smallest absolute Gasteiger partial charge is 0.163 e. The van der Waals surface area contributed by atoms with Gasteiger partial charge in [0.15, 0.2) is 17.3 Å². The van der Waals surface area contributed by atoms with E-state index in [2.05, 4.69) is 26.6 Å². The normalized spacial score (nSPS) is 19.0. The van der Waals surface area contributed by atoms with Crippen molar-refractivity contribution in [2.24, 2.45) is 0 Å². The van der Waals surface area contributed by atoms with Crippen LogP contribution in [0.4, 0.5) is 11.4 Å². The molecule has 2 N–H and O–H groups in total. The van der Waals surface area contributed by atoms with Crippen molar-refractivity contribution in [3.05, 3.63) is 87.5 Å². The molecule has 0 amide bonds. The Morgan fingerprint density at radius 2 is 1.54 bits per heavy atom. The standard InChI is InChI=1S/C28H27BrN2O4/c1-33-24-11-9-18(29)15-19(24)28-27-22(30-20-6-4-5-7-21(20)31-28)12-17(13-23(27)32)16-8-10-25(34-2)26(14-16)35-3/h4-11,14-15,17,28,30-31H,12-13H2,1-3H3/t17-,28-/m1/s1. The Balaban J connectivity index is 1.61. The van der Waals surface area contributed by atoms with Gasteiger partial charge in [-0.25, -0.2) is 0 Å². The third-order valence-electron chi connectivity index (χ3n) is 6.69. The topological polar surface area (TPSA) is 68.8 Å². The predicted molar refractivity (Wildman–Crippen MR) is 141 cm³/mol. The molecule has 0 saturated heterocycles. The first kappa shape index (κ1) is 23.3. The van der Waals surface area contributed by atoms with E-state index in [4.69, 9.17) is 14.2 Å². The molecule has 1 heterocycles. The zero-order valence-electron chi connectivity index (χ0n) is 19.9. The number of halogens is 1. The summed E-state index contributed by atoms with van der Waals surface area (Å²) in [4.78, 5) is 13.8. The summed E-state index contributed by atoms with van der Waals surface area (Å²) in [5, 5.41) is 7.20. The highest BCUT2D eigenvalue weighted by molar-refractivity contribution is 9.10. The van der Waals surface area contributed by atoms with Crippen molar-refractivity contribution in [1.29, 1.82) is 0 Å². The van der Waals surface area contributed by atoms with Crippen LogP contribution in [0.1, 0.15) is 35.9 Å². The minimum absolute atomic E-state index is 0.0175. The van der Waals surface area contributed by atoms with Gasteiger partial charge in [-0.3, -0.25) is 4.79 Å². The quantitative estimate of drug-likeness (QED) is 0.391. The number of Topliss-reactive ketones (excluding diaryl/α,β-unsaturated/α-hetero) is 1. The van der Waals surface area contributed by atoms with Crippen molar-refractivity contribution in [3.8, 4) is 17.2 Å². The largest absolute Gasteiger partial charge is 0.496 e. The average molecular weight is 535 g/mol. The number of carbonyl (C=O) groups is 1. The molecule has 6 nitrogen and oxygen atoms in total. The first-order valence-corrected chi connectivity index (χ1v) is 12.3. The number of para-hydroxylation sites is 2. The van der Waals surface area contributed by atoms with Crippen LogP contribution in [0.3, 0.4) is 0 Å². The molecule has 0 saturated carbocycles. The van der Waals surface area contributed by atoms with E-state index in [1.165, 1.54) is 0 Å². The van der Waals surface area contributed by atoms with Gasteiger partial charge in [0.05, 0.1) is 38.7 Å². The average Bonchev–Trinajstić information content (AvgIpc) is 3.05. The number of carbonyl (C=O) groups excluding carboxylic acids is 1. The molecule has 2 atom stereocenters. The first-order valence-electron chi connectivity index (χ1n) is 11.5. The second-order valence-electron chi connectivity index (χ2n) is 8.67. The summed E-state index contributed by atoms with van der Waals surface area (Å²) in [6.45, 7) is 0. The van der Waals surface area contributed by atoms with Gasteiger partial charge in [0, 0.05) is 27.7 Å². The molecule has 0 aromatic heterocycles. The number of benzene rings is 3. The molecule has 3 aromatic rings. The van der Waals surface area contributed by atoms with Gasteiger partial charge in [-0.2, -0.15) is 0 Å². The number of fused-ring (bicyclic) bond motifs is 1. The van der Waals surface area contributed by atoms with E-state index in [1.54, 1.807) is 21.3 Å². The molecule has 1 aliphatic carbocycles. The number of anilines is 2. The summed E-state index contributed by atoms with van der Waals surface area (Å²) in [7, 11) is 4.90. The van der Waals surface area contributed by atoms with Crippen molar-refractivity contribution in [1.82, 2.24) is 0 Å². The lowest BCUT2D eigenvalue weighted by atomic mass is 9.78. The third kappa shape index (κ3) is 4.36. The van der Waals surface area contributed by atoms with Crippen LogP contribution in [-0.2, 0) is 4.79 Å². The van der Waals surface area contributed by atoms with Gasteiger partial charge in [-0.1, -0.05) is 34.1 Å². The van der Waals surface area contributed by atoms with Gasteiger partial charge in [0.2, 0.25) is 0 Å². The first-order chi connectivity index (χ1) is 17.0. The van der Waals surface area contributed by atoms with Crippen molar-refractivity contribution in [2.45, 2.75) is 24.8 Å². The van der Waals surface area contributed by atoms with Crippen molar-refractivity contribution < 1.29 is 19.0 Å². The minimum Gasteiger partial charge on any atom is -0.496 e. The zero-order valence-corrected chi connectivity index (χ0v) is 21.4. The number of allylic oxidation sites excluding steroid dienone is 1. The number of methoxy groups -OCH3 is 3. The highest BCUT2D eigenvalue weighted by atomic mass is 79.9. The lowest BCUT2D eigenvalue weighted by Crippen LogP contribution is -2.27. The van der Waals surface area contributed by atoms with Crippen LogP contribution in [0.15, 0.2) is 76.4 Å². The Labute approximate surface area is 213 Å². The molecule has 0 unspecified atom stereocenters. The summed E-state index contributed by atoms with van der Waals surface area (Å²) in [6, 6.07) is 19.4. The number of ether oxygens (including phenoxy) is 3.